The third kappa shape index (κ3) is 3.73. The van der Waals surface area contributed by atoms with E-state index in [9.17, 15) is 57.1 Å². The number of hydrogen-bond acceptors (Lipinski definition) is 0. The smallest absolute Gasteiger partial charge is 0.198 e. The minimum Gasteiger partial charge on any atom is -0.198 e. The Kier molecular flexibility index (Phi) is 5.91. The topological polar surface area (TPSA) is 0 Å². The average molecular weight is 489 g/mol. The van der Waals surface area contributed by atoms with Gasteiger partial charge in [0.05, 0.1) is 0 Å². The maximum Gasteiger partial charge on any atom is 0.459 e. The fraction of sp³-hybridized carbons (Fsp3) is 0.538. The van der Waals surface area contributed by atoms with Crippen LogP contribution in [0.2, 0.25) is 0 Å². The van der Waals surface area contributed by atoms with E-state index in [1.807, 2.05) is 0 Å². The zero-order valence-electron chi connectivity index (χ0n) is 12.3. The molecular formula is C13H6BrF13. The van der Waals surface area contributed by atoms with Gasteiger partial charge < -0.3 is 0 Å². The Bertz CT molecular complexity index is 637. The first-order valence-electron chi connectivity index (χ1n) is 6.42. The van der Waals surface area contributed by atoms with Gasteiger partial charge in [0.1, 0.15) is 0 Å². The van der Waals surface area contributed by atoms with Crippen LogP contribution in [0.15, 0.2) is 28.7 Å². The summed E-state index contributed by atoms with van der Waals surface area (Å²) in [6.07, 6.45) is -24.7. The number of alkyl halides is 13. The average Bonchev–Trinajstić information content (AvgIpc) is 2.42. The number of rotatable bonds is 4. The van der Waals surface area contributed by atoms with Crippen molar-refractivity contribution in [1.29, 1.82) is 0 Å². The molecule has 1 rings (SSSR count). The summed E-state index contributed by atoms with van der Waals surface area (Å²) >= 11 is 2.74. The summed E-state index contributed by atoms with van der Waals surface area (Å²) < 4.78 is 170. The lowest BCUT2D eigenvalue weighted by molar-refractivity contribution is -0.460. The van der Waals surface area contributed by atoms with Gasteiger partial charge in [0.25, 0.3) is 0 Å². The minimum atomic E-state index is -7.62. The van der Waals surface area contributed by atoms with Crippen LogP contribution in [-0.2, 0) is 6.42 Å². The second kappa shape index (κ2) is 6.69. The van der Waals surface area contributed by atoms with E-state index in [1.54, 1.807) is 0 Å². The fourth-order valence-electron chi connectivity index (χ4n) is 2.18. The largest absolute Gasteiger partial charge is 0.459 e. The maximum absolute atomic E-state index is 13.9. The second-order valence-corrected chi connectivity index (χ2v) is 6.27. The monoisotopic (exact) mass is 488 g/mol. The molecule has 156 valence electrons. The van der Waals surface area contributed by atoms with E-state index in [4.69, 9.17) is 0 Å². The van der Waals surface area contributed by atoms with Gasteiger partial charge in [-0.25, -0.2) is 0 Å². The van der Waals surface area contributed by atoms with Crippen LogP contribution in [0.4, 0.5) is 57.1 Å². The van der Waals surface area contributed by atoms with Crippen LogP contribution in [0.3, 0.4) is 0 Å². The Morgan fingerprint density at radius 3 is 1.22 bits per heavy atom. The first-order chi connectivity index (χ1) is 11.7. The highest BCUT2D eigenvalue weighted by Crippen LogP contribution is 2.66. The molecule has 0 aromatic heterocycles. The van der Waals surface area contributed by atoms with Crippen molar-refractivity contribution in [2.24, 2.45) is 5.41 Å². The first kappa shape index (κ1) is 23.8. The van der Waals surface area contributed by atoms with Crippen LogP contribution in [-0.4, -0.2) is 30.4 Å². The molecule has 0 heterocycles. The van der Waals surface area contributed by atoms with Gasteiger partial charge in [-0.3, -0.25) is 0 Å². The Morgan fingerprint density at radius 2 is 0.926 bits per heavy atom. The molecule has 14 heteroatoms. The van der Waals surface area contributed by atoms with E-state index in [-0.39, 0.29) is 4.47 Å². The lowest BCUT2D eigenvalue weighted by Gasteiger charge is -2.45. The Balaban J connectivity index is 3.85. The van der Waals surface area contributed by atoms with Crippen molar-refractivity contribution in [1.82, 2.24) is 0 Å². The molecule has 0 bridgehead atoms. The van der Waals surface area contributed by atoms with Gasteiger partial charge in [-0.05, 0) is 17.7 Å². The molecule has 0 aliphatic rings. The number of halogens is 14. The predicted octanol–water partition coefficient (Wildman–Crippen LogP) is 6.94. The van der Waals surface area contributed by atoms with E-state index in [0.717, 1.165) is 12.1 Å². The van der Waals surface area contributed by atoms with E-state index < -0.39 is 47.8 Å². The Labute approximate surface area is 150 Å². The minimum absolute atomic E-state index is 0.0725. The lowest BCUT2D eigenvalue weighted by Crippen LogP contribution is -2.71. The van der Waals surface area contributed by atoms with Crippen LogP contribution in [0.1, 0.15) is 5.56 Å². The molecule has 1 aromatic carbocycles. The van der Waals surface area contributed by atoms with Gasteiger partial charge in [-0.1, -0.05) is 28.1 Å². The highest BCUT2D eigenvalue weighted by Gasteiger charge is 2.91. The van der Waals surface area contributed by atoms with Gasteiger partial charge in [0.15, 0.2) is 0 Å². The standard InChI is InChI=1S/C13H6BrF13/c14-7-3-1-6(2-4-7)5-8(11(19,20)21,12(22,23)24)9(15,16)10(17,18)13(25,26)27/h1-4H,5H2. The highest BCUT2D eigenvalue weighted by atomic mass is 79.9. The van der Waals surface area contributed by atoms with Crippen LogP contribution >= 0.6 is 15.9 Å². The van der Waals surface area contributed by atoms with Gasteiger partial charge in [0, 0.05) is 10.9 Å². The van der Waals surface area contributed by atoms with Crippen molar-refractivity contribution in [2.75, 3.05) is 0 Å². The molecule has 0 unspecified atom stereocenters. The van der Waals surface area contributed by atoms with Crippen LogP contribution < -0.4 is 0 Å². The number of benzene rings is 1. The van der Waals surface area contributed by atoms with Crippen molar-refractivity contribution in [3.05, 3.63) is 34.3 Å². The molecule has 0 atom stereocenters. The molecule has 0 fully saturated rings. The van der Waals surface area contributed by atoms with Crippen LogP contribution in [0, 0.1) is 5.41 Å². The van der Waals surface area contributed by atoms with Crippen molar-refractivity contribution in [2.45, 2.75) is 36.8 Å². The molecule has 0 aliphatic heterocycles. The molecule has 0 N–H and O–H groups in total. The van der Waals surface area contributed by atoms with Crippen molar-refractivity contribution < 1.29 is 57.1 Å². The maximum atomic E-state index is 13.9. The van der Waals surface area contributed by atoms with E-state index >= 15 is 0 Å². The van der Waals surface area contributed by atoms with Crippen molar-refractivity contribution in [3.8, 4) is 0 Å². The highest BCUT2D eigenvalue weighted by molar-refractivity contribution is 9.10. The molecule has 0 saturated heterocycles. The summed E-state index contributed by atoms with van der Waals surface area (Å²) in [5.74, 6) is -15.2. The van der Waals surface area contributed by atoms with Gasteiger partial charge in [-0.2, -0.15) is 57.1 Å². The Morgan fingerprint density at radius 1 is 0.556 bits per heavy atom. The molecule has 0 saturated carbocycles. The molecule has 1 aromatic rings. The van der Waals surface area contributed by atoms with Crippen LogP contribution in [0.25, 0.3) is 0 Å². The van der Waals surface area contributed by atoms with Gasteiger partial charge >= 0.3 is 30.4 Å². The summed E-state index contributed by atoms with van der Waals surface area (Å²) in [7, 11) is 0. The third-order valence-electron chi connectivity index (χ3n) is 3.64. The first-order valence-corrected chi connectivity index (χ1v) is 7.22. The lowest BCUT2D eigenvalue weighted by atomic mass is 9.71. The predicted molar refractivity (Wildman–Crippen MR) is 68.3 cm³/mol. The number of hydrogen-bond donors (Lipinski definition) is 0. The quantitative estimate of drug-likeness (QED) is 0.403. The molecule has 27 heavy (non-hydrogen) atoms. The Hall–Kier alpha value is -1.21. The summed E-state index contributed by atoms with van der Waals surface area (Å²) in [6.45, 7) is 0. The molecular weight excluding hydrogens is 483 g/mol. The molecule has 0 radical (unpaired) electrons. The third-order valence-corrected chi connectivity index (χ3v) is 4.17. The SMILES string of the molecule is FC(F)(F)C(F)(F)C(F)(F)C(Cc1ccc(Br)cc1)(C(F)(F)F)C(F)(F)F. The normalized spacial score (nSPS) is 15.2. The van der Waals surface area contributed by atoms with Crippen molar-refractivity contribution in [3.63, 3.8) is 0 Å². The van der Waals surface area contributed by atoms with Crippen LogP contribution in [0.5, 0.6) is 0 Å². The summed E-state index contributed by atoms with van der Waals surface area (Å²) in [6, 6.07) is 2.48. The summed E-state index contributed by atoms with van der Waals surface area (Å²) in [5, 5.41) is 0. The fourth-order valence-corrected chi connectivity index (χ4v) is 2.45. The summed E-state index contributed by atoms with van der Waals surface area (Å²) in [5.41, 5.74) is -7.90. The van der Waals surface area contributed by atoms with Gasteiger partial charge in [-0.15, -0.1) is 0 Å². The molecule has 0 nitrogen and oxygen atoms in total. The van der Waals surface area contributed by atoms with E-state index in [1.165, 1.54) is 0 Å². The second-order valence-electron chi connectivity index (χ2n) is 5.35. The van der Waals surface area contributed by atoms with E-state index in [0.29, 0.717) is 12.1 Å². The van der Waals surface area contributed by atoms with Gasteiger partial charge in [0.2, 0.25) is 5.41 Å². The van der Waals surface area contributed by atoms with E-state index in [2.05, 4.69) is 15.9 Å². The summed E-state index contributed by atoms with van der Waals surface area (Å²) in [4.78, 5) is 0. The zero-order valence-corrected chi connectivity index (χ0v) is 13.9. The van der Waals surface area contributed by atoms with Crippen molar-refractivity contribution >= 4 is 15.9 Å². The molecule has 0 spiro atoms. The zero-order chi connectivity index (χ0) is 21.7. The molecule has 0 amide bonds. The molecule has 0 aliphatic carbocycles.